The molecule has 0 rings (SSSR count). The molecule has 0 bridgehead atoms. The van der Waals surface area contributed by atoms with E-state index in [1.165, 1.54) is 19.4 Å². The van der Waals surface area contributed by atoms with E-state index < -0.39 is 0 Å². The second kappa shape index (κ2) is 6.69. The number of hydrogen-bond donors (Lipinski definition) is 1. The third-order valence-corrected chi connectivity index (χ3v) is 1.34. The van der Waals surface area contributed by atoms with Gasteiger partial charge >= 0.3 is 0 Å². The number of unbranched alkanes of at least 4 members (excludes halogenated alkanes) is 1. The van der Waals surface area contributed by atoms with Gasteiger partial charge in [0.2, 0.25) is 0 Å². The lowest BCUT2D eigenvalue weighted by Gasteiger charge is -1.94. The van der Waals surface area contributed by atoms with Gasteiger partial charge in [-0.15, -0.1) is 0 Å². The van der Waals surface area contributed by atoms with Gasteiger partial charge in [-0.05, 0) is 13.0 Å². The minimum atomic E-state index is 1.08. The van der Waals surface area contributed by atoms with Gasteiger partial charge in [-0.1, -0.05) is 35.9 Å². The average molecular weight is 213 g/mol. The van der Waals surface area contributed by atoms with E-state index in [4.69, 9.17) is 0 Å². The van der Waals surface area contributed by atoms with E-state index in [2.05, 4.69) is 34.8 Å². The molecule has 0 aliphatic rings. The van der Waals surface area contributed by atoms with Crippen LogP contribution < -0.4 is 5.32 Å². The highest BCUT2D eigenvalue weighted by molar-refractivity contribution is 14.1. The molecular formula is C5H12IN. The zero-order valence-corrected chi connectivity index (χ0v) is 6.86. The fourth-order valence-corrected chi connectivity index (χ4v) is 0.750. The van der Waals surface area contributed by atoms with Crippen LogP contribution in [0.3, 0.4) is 0 Å². The molecular weight excluding hydrogens is 201 g/mol. The van der Waals surface area contributed by atoms with E-state index in [-0.39, 0.29) is 0 Å². The lowest BCUT2D eigenvalue weighted by atomic mass is 10.3. The number of nitrogens with one attached hydrogen (secondary N) is 1. The van der Waals surface area contributed by atoms with Crippen molar-refractivity contribution < 1.29 is 0 Å². The van der Waals surface area contributed by atoms with Gasteiger partial charge in [-0.2, -0.15) is 0 Å². The Morgan fingerprint density at radius 2 is 2.29 bits per heavy atom. The van der Waals surface area contributed by atoms with Gasteiger partial charge in [-0.3, -0.25) is 0 Å². The molecule has 0 atom stereocenters. The van der Waals surface area contributed by atoms with Crippen molar-refractivity contribution >= 4 is 22.6 Å². The molecule has 0 radical (unpaired) electrons. The standard InChI is InChI=1S/C5H12IN/c1-2-3-4-7-5-6/h7H,2-5H2,1H3. The maximum atomic E-state index is 3.24. The Morgan fingerprint density at radius 3 is 2.71 bits per heavy atom. The van der Waals surface area contributed by atoms with Crippen LogP contribution in [-0.4, -0.2) is 11.1 Å². The molecule has 0 amide bonds. The molecule has 0 aliphatic heterocycles. The molecule has 0 aromatic rings. The summed E-state index contributed by atoms with van der Waals surface area (Å²) in [5, 5.41) is 3.24. The molecule has 0 aromatic heterocycles. The first-order valence-electron chi connectivity index (χ1n) is 2.68. The molecule has 0 unspecified atom stereocenters. The van der Waals surface area contributed by atoms with E-state index in [9.17, 15) is 0 Å². The van der Waals surface area contributed by atoms with Crippen molar-refractivity contribution in [2.75, 3.05) is 11.1 Å². The topological polar surface area (TPSA) is 12.0 Å². The van der Waals surface area contributed by atoms with Crippen LogP contribution in [0.15, 0.2) is 0 Å². The van der Waals surface area contributed by atoms with Gasteiger partial charge in [0.25, 0.3) is 0 Å². The number of rotatable bonds is 4. The monoisotopic (exact) mass is 213 g/mol. The number of halogens is 1. The smallest absolute Gasteiger partial charge is 0.0479 e. The summed E-state index contributed by atoms with van der Waals surface area (Å²) < 4.78 is 1.08. The highest BCUT2D eigenvalue weighted by atomic mass is 127. The van der Waals surface area contributed by atoms with Crippen molar-refractivity contribution in [3.05, 3.63) is 0 Å². The summed E-state index contributed by atoms with van der Waals surface area (Å²) in [4.78, 5) is 0. The summed E-state index contributed by atoms with van der Waals surface area (Å²) in [5.41, 5.74) is 0. The molecule has 2 heteroatoms. The number of hydrogen-bond acceptors (Lipinski definition) is 1. The van der Waals surface area contributed by atoms with Crippen molar-refractivity contribution in [3.8, 4) is 0 Å². The Balaban J connectivity index is 2.45. The molecule has 44 valence electrons. The van der Waals surface area contributed by atoms with Gasteiger partial charge in [0, 0.05) is 4.55 Å². The summed E-state index contributed by atoms with van der Waals surface area (Å²) in [6, 6.07) is 0. The van der Waals surface area contributed by atoms with Crippen molar-refractivity contribution in [2.45, 2.75) is 19.8 Å². The SMILES string of the molecule is CCCCNCI. The van der Waals surface area contributed by atoms with E-state index in [1.54, 1.807) is 0 Å². The maximum absolute atomic E-state index is 3.24. The van der Waals surface area contributed by atoms with Crippen molar-refractivity contribution in [2.24, 2.45) is 0 Å². The summed E-state index contributed by atoms with van der Waals surface area (Å²) in [7, 11) is 0. The van der Waals surface area contributed by atoms with Gasteiger partial charge in [0.15, 0.2) is 0 Å². The molecule has 0 heterocycles. The Kier molecular flexibility index (Phi) is 7.35. The Morgan fingerprint density at radius 1 is 1.57 bits per heavy atom. The quantitative estimate of drug-likeness (QED) is 0.325. The molecule has 0 saturated heterocycles. The normalized spacial score (nSPS) is 9.43. The zero-order valence-electron chi connectivity index (χ0n) is 4.71. The van der Waals surface area contributed by atoms with Gasteiger partial charge in [0.05, 0.1) is 0 Å². The second-order valence-corrected chi connectivity index (χ2v) is 2.25. The minimum Gasteiger partial charge on any atom is -0.308 e. The van der Waals surface area contributed by atoms with Gasteiger partial charge in [0.1, 0.15) is 0 Å². The molecule has 0 aliphatic carbocycles. The molecule has 1 N–H and O–H groups in total. The molecule has 1 nitrogen and oxygen atoms in total. The Labute approximate surface area is 59.0 Å². The summed E-state index contributed by atoms with van der Waals surface area (Å²) >= 11 is 2.32. The van der Waals surface area contributed by atoms with Gasteiger partial charge in [-0.25, -0.2) is 0 Å². The Bertz CT molecular complexity index is 27.3. The van der Waals surface area contributed by atoms with Crippen molar-refractivity contribution in [3.63, 3.8) is 0 Å². The molecule has 0 spiro atoms. The van der Waals surface area contributed by atoms with Crippen LogP contribution in [0.1, 0.15) is 19.8 Å². The summed E-state index contributed by atoms with van der Waals surface area (Å²) in [6.07, 6.45) is 2.60. The average Bonchev–Trinajstić information content (AvgIpc) is 1.69. The van der Waals surface area contributed by atoms with Crippen LogP contribution in [0.4, 0.5) is 0 Å². The first kappa shape index (κ1) is 7.69. The van der Waals surface area contributed by atoms with Crippen LogP contribution in [0.2, 0.25) is 0 Å². The minimum absolute atomic E-state index is 1.08. The fourth-order valence-electron chi connectivity index (χ4n) is 0.369. The van der Waals surface area contributed by atoms with E-state index >= 15 is 0 Å². The zero-order chi connectivity index (χ0) is 5.54. The first-order chi connectivity index (χ1) is 3.41. The highest BCUT2D eigenvalue weighted by Crippen LogP contribution is 1.82. The molecule has 0 aromatic carbocycles. The lowest BCUT2D eigenvalue weighted by Crippen LogP contribution is -2.11. The molecule has 0 fully saturated rings. The largest absolute Gasteiger partial charge is 0.308 e. The van der Waals surface area contributed by atoms with Gasteiger partial charge < -0.3 is 5.32 Å². The fraction of sp³-hybridized carbons (Fsp3) is 1.00. The van der Waals surface area contributed by atoms with E-state index in [0.717, 1.165) is 4.55 Å². The predicted octanol–water partition coefficient (Wildman–Crippen LogP) is 1.77. The summed E-state index contributed by atoms with van der Waals surface area (Å²) in [5.74, 6) is 0. The van der Waals surface area contributed by atoms with Crippen LogP contribution in [0.25, 0.3) is 0 Å². The van der Waals surface area contributed by atoms with Crippen molar-refractivity contribution in [1.29, 1.82) is 0 Å². The second-order valence-electron chi connectivity index (χ2n) is 1.49. The first-order valence-corrected chi connectivity index (χ1v) is 4.21. The maximum Gasteiger partial charge on any atom is 0.0479 e. The molecule has 7 heavy (non-hydrogen) atoms. The van der Waals surface area contributed by atoms with E-state index in [0.29, 0.717) is 0 Å². The van der Waals surface area contributed by atoms with Crippen LogP contribution in [0, 0.1) is 0 Å². The number of alkyl halides is 1. The van der Waals surface area contributed by atoms with Crippen molar-refractivity contribution in [1.82, 2.24) is 5.32 Å². The van der Waals surface area contributed by atoms with Crippen LogP contribution >= 0.6 is 22.6 Å². The lowest BCUT2D eigenvalue weighted by molar-refractivity contribution is 0.706. The summed E-state index contributed by atoms with van der Waals surface area (Å²) in [6.45, 7) is 3.38. The third kappa shape index (κ3) is 6.69. The van der Waals surface area contributed by atoms with Crippen LogP contribution in [0.5, 0.6) is 0 Å². The van der Waals surface area contributed by atoms with Crippen LogP contribution in [-0.2, 0) is 0 Å². The Hall–Kier alpha value is 0.690. The molecule has 0 saturated carbocycles. The predicted molar refractivity (Wildman–Crippen MR) is 41.8 cm³/mol. The highest BCUT2D eigenvalue weighted by Gasteiger charge is 1.78. The van der Waals surface area contributed by atoms with E-state index in [1.807, 2.05) is 0 Å². The third-order valence-electron chi connectivity index (χ3n) is 0.802.